The summed E-state index contributed by atoms with van der Waals surface area (Å²) in [6.07, 6.45) is 1.67. The number of halogens is 1. The second-order valence-electron chi connectivity index (χ2n) is 2.58. The van der Waals surface area contributed by atoms with E-state index < -0.39 is 11.9 Å². The number of ether oxygens (including phenoxy) is 1. The Morgan fingerprint density at radius 2 is 2.33 bits per heavy atom. The van der Waals surface area contributed by atoms with Crippen LogP contribution in [0.3, 0.4) is 0 Å². The SMILES string of the molecule is O=C(CCl)OC(=O)[C@H]1CCCN1. The van der Waals surface area contributed by atoms with Gasteiger partial charge in [-0.1, -0.05) is 0 Å². The number of carbonyl (C=O) groups is 2. The van der Waals surface area contributed by atoms with Gasteiger partial charge in [0, 0.05) is 0 Å². The summed E-state index contributed by atoms with van der Waals surface area (Å²) >= 11 is 5.16. The van der Waals surface area contributed by atoms with Crippen LogP contribution in [-0.4, -0.2) is 30.4 Å². The van der Waals surface area contributed by atoms with Crippen LogP contribution in [0.25, 0.3) is 0 Å². The summed E-state index contributed by atoms with van der Waals surface area (Å²) in [5.74, 6) is -1.48. The molecule has 0 saturated carbocycles. The van der Waals surface area contributed by atoms with Gasteiger partial charge in [-0.2, -0.15) is 0 Å². The van der Waals surface area contributed by atoms with E-state index in [1.165, 1.54) is 0 Å². The van der Waals surface area contributed by atoms with Crippen LogP contribution in [-0.2, 0) is 14.3 Å². The summed E-state index contributed by atoms with van der Waals surface area (Å²) in [5.41, 5.74) is 0. The maximum Gasteiger partial charge on any atom is 0.330 e. The summed E-state index contributed by atoms with van der Waals surface area (Å²) in [5, 5.41) is 2.92. The molecule has 0 aromatic carbocycles. The number of carbonyl (C=O) groups excluding carboxylic acids is 2. The fourth-order valence-corrected chi connectivity index (χ4v) is 1.15. The van der Waals surface area contributed by atoms with Gasteiger partial charge in [-0.05, 0) is 19.4 Å². The Bertz CT molecular complexity index is 189. The predicted octanol–water partition coefficient (Wildman–Crippen LogP) is 0.0470. The first-order chi connectivity index (χ1) is 5.74. The smallest absolute Gasteiger partial charge is 0.330 e. The zero-order valence-electron chi connectivity index (χ0n) is 6.51. The van der Waals surface area contributed by atoms with Crippen LogP contribution in [0.2, 0.25) is 0 Å². The molecule has 1 N–H and O–H groups in total. The Labute approximate surface area is 75.2 Å². The van der Waals surface area contributed by atoms with E-state index in [1.807, 2.05) is 0 Å². The summed E-state index contributed by atoms with van der Waals surface area (Å²) in [6.45, 7) is 0.800. The zero-order chi connectivity index (χ0) is 8.97. The third kappa shape index (κ3) is 2.46. The molecule has 0 spiro atoms. The third-order valence-corrected chi connectivity index (χ3v) is 1.89. The van der Waals surface area contributed by atoms with Crippen molar-refractivity contribution >= 4 is 23.5 Å². The molecule has 1 heterocycles. The van der Waals surface area contributed by atoms with Crippen LogP contribution in [0.15, 0.2) is 0 Å². The number of esters is 2. The average molecular weight is 192 g/mol. The van der Waals surface area contributed by atoms with E-state index in [0.717, 1.165) is 19.4 Å². The van der Waals surface area contributed by atoms with E-state index in [-0.39, 0.29) is 11.9 Å². The normalized spacial score (nSPS) is 22.2. The van der Waals surface area contributed by atoms with Crippen molar-refractivity contribution in [2.24, 2.45) is 0 Å². The lowest BCUT2D eigenvalue weighted by molar-refractivity contribution is -0.159. The highest BCUT2D eigenvalue weighted by molar-refractivity contribution is 6.27. The van der Waals surface area contributed by atoms with Gasteiger partial charge in [0.2, 0.25) is 0 Å². The molecule has 0 aliphatic carbocycles. The van der Waals surface area contributed by atoms with Crippen molar-refractivity contribution in [3.05, 3.63) is 0 Å². The minimum absolute atomic E-state index is 0.279. The van der Waals surface area contributed by atoms with Crippen LogP contribution in [0.4, 0.5) is 0 Å². The molecule has 1 aliphatic heterocycles. The highest BCUT2D eigenvalue weighted by atomic mass is 35.5. The lowest BCUT2D eigenvalue weighted by Crippen LogP contribution is -2.34. The van der Waals surface area contributed by atoms with E-state index in [0.29, 0.717) is 0 Å². The minimum atomic E-state index is -0.685. The third-order valence-electron chi connectivity index (χ3n) is 1.67. The summed E-state index contributed by atoms with van der Waals surface area (Å²) < 4.78 is 4.41. The maximum atomic E-state index is 11.1. The van der Waals surface area contributed by atoms with Gasteiger partial charge in [0.1, 0.15) is 11.9 Å². The molecule has 1 saturated heterocycles. The summed E-state index contributed by atoms with van der Waals surface area (Å²) in [6, 6.07) is -0.322. The fraction of sp³-hybridized carbons (Fsp3) is 0.714. The van der Waals surface area contributed by atoms with Crippen molar-refractivity contribution in [3.8, 4) is 0 Å². The van der Waals surface area contributed by atoms with Crippen LogP contribution in [0.1, 0.15) is 12.8 Å². The van der Waals surface area contributed by atoms with Gasteiger partial charge < -0.3 is 10.1 Å². The summed E-state index contributed by atoms with van der Waals surface area (Å²) in [4.78, 5) is 21.6. The van der Waals surface area contributed by atoms with Crippen LogP contribution in [0, 0.1) is 0 Å². The van der Waals surface area contributed by atoms with E-state index in [1.54, 1.807) is 0 Å². The first-order valence-electron chi connectivity index (χ1n) is 3.78. The Morgan fingerprint density at radius 3 is 2.83 bits per heavy atom. The quantitative estimate of drug-likeness (QED) is 0.381. The molecule has 5 heteroatoms. The molecule has 0 bridgehead atoms. The van der Waals surface area contributed by atoms with Crippen LogP contribution < -0.4 is 5.32 Å². The fourth-order valence-electron chi connectivity index (χ4n) is 1.10. The molecule has 1 fully saturated rings. The molecule has 1 aliphatic rings. The van der Waals surface area contributed by atoms with E-state index in [2.05, 4.69) is 10.1 Å². The Morgan fingerprint density at radius 1 is 1.58 bits per heavy atom. The van der Waals surface area contributed by atoms with E-state index in [4.69, 9.17) is 11.6 Å². The second-order valence-corrected chi connectivity index (χ2v) is 2.84. The molecule has 4 nitrogen and oxygen atoms in total. The molecule has 0 aromatic rings. The number of alkyl halides is 1. The zero-order valence-corrected chi connectivity index (χ0v) is 7.26. The molecular formula is C7H10ClNO3. The van der Waals surface area contributed by atoms with Gasteiger partial charge in [-0.3, -0.25) is 4.79 Å². The monoisotopic (exact) mass is 191 g/mol. The number of hydrogen-bond donors (Lipinski definition) is 1. The van der Waals surface area contributed by atoms with Crippen LogP contribution >= 0.6 is 11.6 Å². The van der Waals surface area contributed by atoms with Crippen LogP contribution in [0.5, 0.6) is 0 Å². The molecule has 0 unspecified atom stereocenters. The molecule has 1 atom stereocenters. The first kappa shape index (κ1) is 9.48. The van der Waals surface area contributed by atoms with Crippen molar-refractivity contribution < 1.29 is 14.3 Å². The molecule has 12 heavy (non-hydrogen) atoms. The molecule has 1 rings (SSSR count). The van der Waals surface area contributed by atoms with Gasteiger partial charge in [-0.15, -0.1) is 11.6 Å². The Hall–Kier alpha value is -0.610. The molecule has 0 radical (unpaired) electrons. The van der Waals surface area contributed by atoms with Gasteiger partial charge in [0.15, 0.2) is 0 Å². The summed E-state index contributed by atoms with van der Waals surface area (Å²) in [7, 11) is 0. The van der Waals surface area contributed by atoms with Crippen molar-refractivity contribution in [1.82, 2.24) is 5.32 Å². The van der Waals surface area contributed by atoms with Crippen molar-refractivity contribution in [3.63, 3.8) is 0 Å². The highest BCUT2D eigenvalue weighted by Crippen LogP contribution is 2.06. The largest absolute Gasteiger partial charge is 0.391 e. The standard InChI is InChI=1S/C7H10ClNO3/c8-4-6(10)12-7(11)5-2-1-3-9-5/h5,9H,1-4H2/t5-/m1/s1. The lowest BCUT2D eigenvalue weighted by atomic mass is 10.2. The Balaban J connectivity index is 2.32. The van der Waals surface area contributed by atoms with E-state index >= 15 is 0 Å². The van der Waals surface area contributed by atoms with Gasteiger partial charge in [0.25, 0.3) is 0 Å². The molecule has 0 amide bonds. The number of rotatable bonds is 2. The van der Waals surface area contributed by atoms with Crippen molar-refractivity contribution in [2.45, 2.75) is 18.9 Å². The van der Waals surface area contributed by atoms with Crippen molar-refractivity contribution in [1.29, 1.82) is 0 Å². The first-order valence-corrected chi connectivity index (χ1v) is 4.31. The minimum Gasteiger partial charge on any atom is -0.391 e. The molecular weight excluding hydrogens is 182 g/mol. The molecule has 68 valence electrons. The number of nitrogens with one attached hydrogen (secondary N) is 1. The van der Waals surface area contributed by atoms with Crippen molar-refractivity contribution in [2.75, 3.05) is 12.4 Å². The van der Waals surface area contributed by atoms with Gasteiger partial charge >= 0.3 is 11.9 Å². The number of hydrogen-bond acceptors (Lipinski definition) is 4. The molecule has 0 aromatic heterocycles. The predicted molar refractivity (Wildman–Crippen MR) is 42.8 cm³/mol. The highest BCUT2D eigenvalue weighted by Gasteiger charge is 2.24. The van der Waals surface area contributed by atoms with Gasteiger partial charge in [0.05, 0.1) is 0 Å². The topological polar surface area (TPSA) is 55.4 Å². The van der Waals surface area contributed by atoms with E-state index in [9.17, 15) is 9.59 Å². The lowest BCUT2D eigenvalue weighted by Gasteiger charge is -2.06. The maximum absolute atomic E-state index is 11.1. The average Bonchev–Trinajstić information content (AvgIpc) is 2.56. The second kappa shape index (κ2) is 4.42. The Kier molecular flexibility index (Phi) is 3.49. The van der Waals surface area contributed by atoms with Gasteiger partial charge in [-0.25, -0.2) is 4.79 Å².